The van der Waals surface area contributed by atoms with Crippen molar-refractivity contribution in [1.29, 1.82) is 0 Å². The quantitative estimate of drug-likeness (QED) is 0.679. The van der Waals surface area contributed by atoms with Crippen LogP contribution in [0.4, 0.5) is 0 Å². The number of hydrogen-bond donors (Lipinski definition) is 2. The molecule has 0 spiro atoms. The highest BCUT2D eigenvalue weighted by Crippen LogP contribution is 2.23. The second-order valence-corrected chi connectivity index (χ2v) is 4.34. The summed E-state index contributed by atoms with van der Waals surface area (Å²) in [5, 5.41) is 2.93. The van der Waals surface area contributed by atoms with Crippen LogP contribution in [0.1, 0.15) is 39.5 Å². The molecular formula is C11H21BN2O2. The number of rotatable bonds is 2. The summed E-state index contributed by atoms with van der Waals surface area (Å²) in [6, 6.07) is 0.386. The molecule has 1 saturated carbocycles. The van der Waals surface area contributed by atoms with Crippen molar-refractivity contribution in [3.8, 4) is 0 Å². The summed E-state index contributed by atoms with van der Waals surface area (Å²) >= 11 is 0. The van der Waals surface area contributed by atoms with Crippen molar-refractivity contribution in [3.05, 3.63) is 0 Å². The van der Waals surface area contributed by atoms with E-state index in [2.05, 4.69) is 18.0 Å². The molecule has 2 radical (unpaired) electrons. The summed E-state index contributed by atoms with van der Waals surface area (Å²) in [6.45, 7) is 3.57. The highest BCUT2D eigenvalue weighted by Gasteiger charge is 2.18. The normalized spacial score (nSPS) is 23.9. The third-order valence-electron chi connectivity index (χ3n) is 2.57. The molecule has 0 saturated heterocycles. The molecule has 0 aromatic rings. The van der Waals surface area contributed by atoms with Gasteiger partial charge in [0.05, 0.1) is 7.85 Å². The number of hydrogen-bond acceptors (Lipinski definition) is 2. The maximum Gasteiger partial charge on any atom is 0.214 e. The van der Waals surface area contributed by atoms with Gasteiger partial charge in [-0.1, -0.05) is 6.92 Å². The molecule has 90 valence electrons. The van der Waals surface area contributed by atoms with Crippen LogP contribution in [0.2, 0.25) is 6.32 Å². The van der Waals surface area contributed by atoms with Gasteiger partial charge in [0.1, 0.15) is 0 Å². The van der Waals surface area contributed by atoms with Crippen molar-refractivity contribution in [3.63, 3.8) is 0 Å². The lowest BCUT2D eigenvalue weighted by molar-refractivity contribution is -0.120. The number of nitrogens with one attached hydrogen (secondary N) is 1. The zero-order chi connectivity index (χ0) is 12.6. The summed E-state index contributed by atoms with van der Waals surface area (Å²) in [6.07, 6.45) is 4.82. The van der Waals surface area contributed by atoms with Crippen molar-refractivity contribution in [2.45, 2.75) is 51.9 Å². The van der Waals surface area contributed by atoms with Crippen LogP contribution in [0.3, 0.4) is 0 Å². The van der Waals surface area contributed by atoms with E-state index in [0.717, 1.165) is 18.8 Å². The summed E-state index contributed by atoms with van der Waals surface area (Å²) in [5.74, 6) is 0.477. The lowest BCUT2D eigenvalue weighted by atomic mass is 9.87. The molecule has 3 N–H and O–H groups in total. The predicted octanol–water partition coefficient (Wildman–Crippen LogP) is 0.760. The molecule has 4 nitrogen and oxygen atoms in total. The Balaban J connectivity index is 0.000000487. The molecule has 16 heavy (non-hydrogen) atoms. The van der Waals surface area contributed by atoms with Gasteiger partial charge in [-0.2, -0.15) is 0 Å². The Morgan fingerprint density at radius 2 is 1.75 bits per heavy atom. The van der Waals surface area contributed by atoms with Gasteiger partial charge in [0.15, 0.2) is 0 Å². The van der Waals surface area contributed by atoms with Crippen LogP contribution in [0.5, 0.6) is 0 Å². The molecule has 0 bridgehead atoms. The summed E-state index contributed by atoms with van der Waals surface area (Å²) < 4.78 is 0. The van der Waals surface area contributed by atoms with Crippen molar-refractivity contribution in [2.24, 2.45) is 11.7 Å². The average Bonchev–Trinajstić information content (AvgIpc) is 2.20. The van der Waals surface area contributed by atoms with Crippen molar-refractivity contribution < 1.29 is 9.59 Å². The lowest BCUT2D eigenvalue weighted by Crippen LogP contribution is -2.36. The smallest absolute Gasteiger partial charge is 0.214 e. The molecular weight excluding hydrogens is 203 g/mol. The fourth-order valence-corrected chi connectivity index (χ4v) is 1.69. The maximum atomic E-state index is 10.9. The van der Waals surface area contributed by atoms with Gasteiger partial charge in [0.2, 0.25) is 11.8 Å². The number of primary amides is 1. The van der Waals surface area contributed by atoms with E-state index in [9.17, 15) is 9.59 Å². The second kappa shape index (κ2) is 8.19. The van der Waals surface area contributed by atoms with Crippen LogP contribution >= 0.6 is 0 Å². The number of nitrogens with two attached hydrogens (primary N) is 1. The van der Waals surface area contributed by atoms with Crippen LogP contribution in [0, 0.1) is 5.92 Å². The van der Waals surface area contributed by atoms with Gasteiger partial charge in [0.25, 0.3) is 0 Å². The van der Waals surface area contributed by atoms with Crippen LogP contribution in [0.25, 0.3) is 0 Å². The summed E-state index contributed by atoms with van der Waals surface area (Å²) in [4.78, 5) is 20.1. The SMILES string of the molecule is CC(N)=O.[B]CC(=O)NC1CCC(C)CC1. The first-order valence-corrected chi connectivity index (χ1v) is 5.71. The van der Waals surface area contributed by atoms with Gasteiger partial charge in [0, 0.05) is 13.0 Å². The zero-order valence-electron chi connectivity index (χ0n) is 10.2. The molecule has 5 heteroatoms. The van der Waals surface area contributed by atoms with Gasteiger partial charge >= 0.3 is 0 Å². The van der Waals surface area contributed by atoms with E-state index in [1.807, 2.05) is 0 Å². The van der Waals surface area contributed by atoms with Crippen LogP contribution in [-0.2, 0) is 9.59 Å². The molecule has 2 amide bonds. The topological polar surface area (TPSA) is 72.2 Å². The number of amides is 2. The third kappa shape index (κ3) is 8.32. The fourth-order valence-electron chi connectivity index (χ4n) is 1.69. The largest absolute Gasteiger partial charge is 0.370 e. The molecule has 0 unspecified atom stereocenters. The van der Waals surface area contributed by atoms with E-state index in [0.29, 0.717) is 6.04 Å². The molecule has 1 aliphatic rings. The Hall–Kier alpha value is -0.995. The molecule has 1 rings (SSSR count). The molecule has 0 aromatic heterocycles. The molecule has 0 aliphatic heterocycles. The van der Waals surface area contributed by atoms with Crippen molar-refractivity contribution in [1.82, 2.24) is 5.32 Å². The Kier molecular flexibility index (Phi) is 7.68. The number of carbonyl (C=O) groups is 2. The van der Waals surface area contributed by atoms with Crippen LogP contribution < -0.4 is 11.1 Å². The Morgan fingerprint density at radius 1 is 1.31 bits per heavy atom. The molecule has 0 heterocycles. The fraction of sp³-hybridized carbons (Fsp3) is 0.818. The third-order valence-corrected chi connectivity index (χ3v) is 2.57. The predicted molar refractivity (Wildman–Crippen MR) is 65.0 cm³/mol. The van der Waals surface area contributed by atoms with Crippen molar-refractivity contribution >= 4 is 19.7 Å². The van der Waals surface area contributed by atoms with Gasteiger partial charge < -0.3 is 11.1 Å². The van der Waals surface area contributed by atoms with E-state index >= 15 is 0 Å². The first kappa shape index (κ1) is 15.0. The van der Waals surface area contributed by atoms with E-state index in [-0.39, 0.29) is 18.1 Å². The highest BCUT2D eigenvalue weighted by molar-refractivity contribution is 6.19. The first-order chi connectivity index (χ1) is 7.45. The van der Waals surface area contributed by atoms with Gasteiger partial charge in [-0.05, 0) is 37.9 Å². The van der Waals surface area contributed by atoms with Crippen LogP contribution in [-0.4, -0.2) is 25.7 Å². The van der Waals surface area contributed by atoms with Gasteiger partial charge in [-0.3, -0.25) is 9.59 Å². The minimum absolute atomic E-state index is 0.0189. The van der Waals surface area contributed by atoms with E-state index in [1.165, 1.54) is 19.8 Å². The number of carbonyl (C=O) groups excluding carboxylic acids is 2. The lowest BCUT2D eigenvalue weighted by Gasteiger charge is -2.26. The maximum absolute atomic E-state index is 10.9. The highest BCUT2D eigenvalue weighted by atomic mass is 16.1. The van der Waals surface area contributed by atoms with E-state index < -0.39 is 0 Å². The van der Waals surface area contributed by atoms with E-state index in [1.54, 1.807) is 0 Å². The molecule has 0 aromatic carbocycles. The average molecular weight is 224 g/mol. The Labute approximate surface area is 98.8 Å². The molecule has 1 fully saturated rings. The van der Waals surface area contributed by atoms with Crippen LogP contribution in [0.15, 0.2) is 0 Å². The minimum Gasteiger partial charge on any atom is -0.370 e. The van der Waals surface area contributed by atoms with E-state index in [4.69, 9.17) is 7.85 Å². The second-order valence-electron chi connectivity index (χ2n) is 4.34. The Morgan fingerprint density at radius 3 is 2.12 bits per heavy atom. The zero-order valence-corrected chi connectivity index (χ0v) is 10.2. The summed E-state index contributed by atoms with van der Waals surface area (Å²) in [5.41, 5.74) is 4.47. The first-order valence-electron chi connectivity index (χ1n) is 5.71. The van der Waals surface area contributed by atoms with Gasteiger partial charge in [-0.15, -0.1) is 0 Å². The monoisotopic (exact) mass is 224 g/mol. The molecule has 1 aliphatic carbocycles. The van der Waals surface area contributed by atoms with Gasteiger partial charge in [-0.25, -0.2) is 0 Å². The van der Waals surface area contributed by atoms with Crippen molar-refractivity contribution in [2.75, 3.05) is 0 Å². The summed E-state index contributed by atoms with van der Waals surface area (Å²) in [7, 11) is 5.20. The minimum atomic E-state index is -0.333. The molecule has 0 atom stereocenters. The Bertz CT molecular complexity index is 222. The standard InChI is InChI=1S/C9H16BNO.C2H5NO/c1-7-2-4-8(5-3-7)11-9(12)6-10;1-2(3)4/h7-8H,2-6H2,1H3,(H,11,12);1H3,(H2,3,4).